The first-order valence-electron chi connectivity index (χ1n) is 11.6. The molecule has 0 radical (unpaired) electrons. The van der Waals surface area contributed by atoms with E-state index in [1.165, 1.54) is 62.5 Å². The fourth-order valence-corrected chi connectivity index (χ4v) is 8.22. The molecule has 1 aromatic carbocycles. The molecule has 0 aromatic heterocycles. The molecule has 3 fully saturated rings. The Morgan fingerprint density at radius 1 is 1.04 bits per heavy atom. The molecule has 1 N–H and O–H groups in total. The standard InChI is InChI=1S/C26H39BrO/c1-6-24-10-11-26(24)15-18(14-25(26,7-2)17-24)8-9-19-12-21(23(3,4)5)13-20(16-27)22(19)28/h12-13,18,28H,6-11,14-17H2,1-5H3/t18?,24-,25?,26?/m0/s1. The lowest BCUT2D eigenvalue weighted by Gasteiger charge is -2.77. The van der Waals surface area contributed by atoms with Crippen LogP contribution in [0.4, 0.5) is 0 Å². The number of alkyl halides is 1. The zero-order valence-corrected chi connectivity index (χ0v) is 20.2. The van der Waals surface area contributed by atoms with Crippen LogP contribution in [-0.4, -0.2) is 5.11 Å². The molecule has 0 amide bonds. The lowest BCUT2D eigenvalue weighted by molar-refractivity contribution is -0.278. The summed E-state index contributed by atoms with van der Waals surface area (Å²) in [6.07, 6.45) is 12.4. The number of aromatic hydroxyl groups is 1. The van der Waals surface area contributed by atoms with E-state index in [1.807, 2.05) is 0 Å². The lowest BCUT2D eigenvalue weighted by Crippen LogP contribution is -2.68. The van der Waals surface area contributed by atoms with Crippen LogP contribution in [-0.2, 0) is 17.2 Å². The molecule has 156 valence electrons. The summed E-state index contributed by atoms with van der Waals surface area (Å²) in [6.45, 7) is 11.7. The second kappa shape index (κ2) is 6.76. The van der Waals surface area contributed by atoms with E-state index in [0.717, 1.165) is 23.2 Å². The van der Waals surface area contributed by atoms with Crippen molar-refractivity contribution in [2.24, 2.45) is 22.2 Å². The zero-order valence-electron chi connectivity index (χ0n) is 18.6. The van der Waals surface area contributed by atoms with E-state index in [9.17, 15) is 5.11 Å². The van der Waals surface area contributed by atoms with Gasteiger partial charge in [0.25, 0.3) is 0 Å². The minimum Gasteiger partial charge on any atom is -0.507 e. The van der Waals surface area contributed by atoms with Crippen LogP contribution < -0.4 is 0 Å². The Hall–Kier alpha value is -0.500. The smallest absolute Gasteiger partial charge is 0.122 e. The highest BCUT2D eigenvalue weighted by atomic mass is 79.9. The fraction of sp³-hybridized carbons (Fsp3) is 0.769. The largest absolute Gasteiger partial charge is 0.507 e. The Bertz CT molecular complexity index is 758. The summed E-state index contributed by atoms with van der Waals surface area (Å²) in [4.78, 5) is 0. The third-order valence-corrected chi connectivity index (χ3v) is 10.1. The predicted octanol–water partition coefficient (Wildman–Crippen LogP) is 7.90. The average molecular weight is 448 g/mol. The first kappa shape index (κ1) is 20.8. The van der Waals surface area contributed by atoms with E-state index >= 15 is 0 Å². The Balaban J connectivity index is 1.52. The number of hydrogen-bond acceptors (Lipinski definition) is 1. The molecule has 3 aliphatic rings. The number of rotatable bonds is 6. The van der Waals surface area contributed by atoms with E-state index in [4.69, 9.17) is 0 Å². The van der Waals surface area contributed by atoms with Gasteiger partial charge in [-0.2, -0.15) is 0 Å². The Morgan fingerprint density at radius 2 is 1.71 bits per heavy atom. The van der Waals surface area contributed by atoms with Gasteiger partial charge in [0.05, 0.1) is 0 Å². The predicted molar refractivity (Wildman–Crippen MR) is 122 cm³/mol. The minimum atomic E-state index is 0.115. The van der Waals surface area contributed by atoms with E-state index in [1.54, 1.807) is 0 Å². The van der Waals surface area contributed by atoms with Crippen molar-refractivity contribution in [2.45, 2.75) is 103 Å². The van der Waals surface area contributed by atoms with Crippen LogP contribution in [0.5, 0.6) is 5.75 Å². The van der Waals surface area contributed by atoms with E-state index < -0.39 is 0 Å². The molecule has 3 aliphatic carbocycles. The summed E-state index contributed by atoms with van der Waals surface area (Å²) in [7, 11) is 0. The number of phenolic OH excluding ortho intramolecular Hbond substituents is 1. The van der Waals surface area contributed by atoms with Gasteiger partial charge in [-0.3, -0.25) is 0 Å². The van der Waals surface area contributed by atoms with Gasteiger partial charge in [0.1, 0.15) is 5.75 Å². The first-order chi connectivity index (χ1) is 13.2. The van der Waals surface area contributed by atoms with Crippen molar-refractivity contribution in [3.8, 4) is 5.75 Å². The van der Waals surface area contributed by atoms with E-state index in [-0.39, 0.29) is 5.41 Å². The van der Waals surface area contributed by atoms with Gasteiger partial charge in [0.15, 0.2) is 0 Å². The van der Waals surface area contributed by atoms with E-state index in [0.29, 0.717) is 22.0 Å². The normalized spacial score (nSPS) is 36.4. The van der Waals surface area contributed by atoms with Crippen molar-refractivity contribution in [2.75, 3.05) is 0 Å². The minimum absolute atomic E-state index is 0.115. The number of hydrogen-bond donors (Lipinski definition) is 1. The first-order valence-corrected chi connectivity index (χ1v) is 12.7. The van der Waals surface area contributed by atoms with Gasteiger partial charge in [-0.15, -0.1) is 0 Å². The van der Waals surface area contributed by atoms with Crippen LogP contribution in [0, 0.1) is 22.2 Å². The third-order valence-electron chi connectivity index (χ3n) is 9.51. The van der Waals surface area contributed by atoms with Crippen molar-refractivity contribution in [3.05, 3.63) is 28.8 Å². The molecule has 1 nitrogen and oxygen atoms in total. The quantitative estimate of drug-likeness (QED) is 0.440. The zero-order chi connectivity index (χ0) is 20.4. The Labute approximate surface area is 180 Å². The van der Waals surface area contributed by atoms with Crippen molar-refractivity contribution in [1.82, 2.24) is 0 Å². The molecular weight excluding hydrogens is 408 g/mol. The Morgan fingerprint density at radius 3 is 2.25 bits per heavy atom. The maximum atomic E-state index is 10.8. The SMILES string of the molecule is CCC12CC(CCc3cc(C(C)(C)C)cc(CBr)c3O)CC13CC[C@@]3(CC)C2. The van der Waals surface area contributed by atoms with Gasteiger partial charge in [-0.05, 0) is 96.5 Å². The Kier molecular flexibility index (Phi) is 5.01. The molecule has 0 saturated heterocycles. The summed E-state index contributed by atoms with van der Waals surface area (Å²) in [5, 5.41) is 11.5. The third kappa shape index (κ3) is 2.69. The summed E-state index contributed by atoms with van der Waals surface area (Å²) in [5.74, 6) is 1.37. The second-order valence-corrected chi connectivity index (χ2v) is 11.9. The topological polar surface area (TPSA) is 20.2 Å². The van der Waals surface area contributed by atoms with Gasteiger partial charge in [0, 0.05) is 10.9 Å². The second-order valence-electron chi connectivity index (χ2n) is 11.4. The van der Waals surface area contributed by atoms with Gasteiger partial charge in [-0.25, -0.2) is 0 Å². The molecular formula is C26H39BrO. The van der Waals surface area contributed by atoms with Gasteiger partial charge >= 0.3 is 0 Å². The molecule has 1 aromatic rings. The fourth-order valence-electron chi connectivity index (χ4n) is 7.79. The monoisotopic (exact) mass is 446 g/mol. The number of aryl methyl sites for hydroxylation is 1. The highest BCUT2D eigenvalue weighted by molar-refractivity contribution is 9.08. The van der Waals surface area contributed by atoms with Crippen molar-refractivity contribution in [3.63, 3.8) is 0 Å². The summed E-state index contributed by atoms with van der Waals surface area (Å²) < 4.78 is 0. The molecule has 3 saturated carbocycles. The number of phenols is 1. The molecule has 0 aliphatic heterocycles. The van der Waals surface area contributed by atoms with Gasteiger partial charge in [-0.1, -0.05) is 62.7 Å². The van der Waals surface area contributed by atoms with Gasteiger partial charge in [0.2, 0.25) is 0 Å². The molecule has 28 heavy (non-hydrogen) atoms. The van der Waals surface area contributed by atoms with Crippen LogP contribution in [0.1, 0.15) is 103 Å². The van der Waals surface area contributed by atoms with Crippen molar-refractivity contribution < 1.29 is 5.11 Å². The maximum Gasteiger partial charge on any atom is 0.122 e. The molecule has 0 bridgehead atoms. The van der Waals surface area contributed by atoms with Crippen molar-refractivity contribution >= 4 is 15.9 Å². The van der Waals surface area contributed by atoms with Crippen LogP contribution in [0.3, 0.4) is 0 Å². The molecule has 4 atom stereocenters. The maximum absolute atomic E-state index is 10.8. The molecule has 3 unspecified atom stereocenters. The summed E-state index contributed by atoms with van der Waals surface area (Å²) in [5.41, 5.74) is 5.71. The van der Waals surface area contributed by atoms with Crippen molar-refractivity contribution in [1.29, 1.82) is 0 Å². The van der Waals surface area contributed by atoms with Gasteiger partial charge < -0.3 is 5.11 Å². The number of benzene rings is 1. The molecule has 2 heteroatoms. The van der Waals surface area contributed by atoms with Crippen LogP contribution in [0.25, 0.3) is 0 Å². The molecule has 4 rings (SSSR count). The van der Waals surface area contributed by atoms with Crippen LogP contribution in [0.2, 0.25) is 0 Å². The van der Waals surface area contributed by atoms with Crippen LogP contribution >= 0.6 is 15.9 Å². The number of halogens is 1. The molecule has 1 spiro atoms. The molecule has 0 heterocycles. The highest BCUT2D eigenvalue weighted by Gasteiger charge is 2.78. The van der Waals surface area contributed by atoms with E-state index in [2.05, 4.69) is 62.7 Å². The summed E-state index contributed by atoms with van der Waals surface area (Å²) >= 11 is 3.58. The average Bonchev–Trinajstić information content (AvgIpc) is 2.97. The summed E-state index contributed by atoms with van der Waals surface area (Å²) in [6, 6.07) is 4.46. The van der Waals surface area contributed by atoms with Crippen LogP contribution in [0.15, 0.2) is 12.1 Å². The highest BCUT2D eigenvalue weighted by Crippen LogP contribution is 2.87. The lowest BCUT2D eigenvalue weighted by atomic mass is 9.27.